The third-order valence-electron chi connectivity index (χ3n) is 3.43. The van der Waals surface area contributed by atoms with Crippen LogP contribution in [0.25, 0.3) is 0 Å². The van der Waals surface area contributed by atoms with Crippen LogP contribution in [-0.4, -0.2) is 20.5 Å². The van der Waals surface area contributed by atoms with Crippen LogP contribution in [-0.2, 0) is 13.5 Å². The van der Waals surface area contributed by atoms with Gasteiger partial charge in [-0.3, -0.25) is 4.68 Å². The molecule has 0 spiro atoms. The van der Waals surface area contributed by atoms with E-state index in [0.29, 0.717) is 5.92 Å². The summed E-state index contributed by atoms with van der Waals surface area (Å²) in [6.45, 7) is 2.14. The van der Waals surface area contributed by atoms with E-state index in [1.165, 1.54) is 0 Å². The quantitative estimate of drug-likeness (QED) is 0.775. The maximum atomic E-state index is 10.4. The zero-order valence-corrected chi connectivity index (χ0v) is 8.90. The van der Waals surface area contributed by atoms with Gasteiger partial charge in [0.15, 0.2) is 0 Å². The Hall–Kier alpha value is -0.830. The van der Waals surface area contributed by atoms with Gasteiger partial charge in [-0.15, -0.1) is 0 Å². The van der Waals surface area contributed by atoms with Crippen molar-refractivity contribution in [2.75, 3.05) is 0 Å². The molecule has 0 bridgehead atoms. The van der Waals surface area contributed by atoms with Gasteiger partial charge in [0.25, 0.3) is 0 Å². The number of aliphatic hydroxyl groups is 1. The van der Waals surface area contributed by atoms with E-state index in [2.05, 4.69) is 12.0 Å². The van der Waals surface area contributed by atoms with Crippen LogP contribution in [0.15, 0.2) is 12.4 Å². The van der Waals surface area contributed by atoms with E-state index in [0.717, 1.165) is 31.2 Å². The van der Waals surface area contributed by atoms with Gasteiger partial charge >= 0.3 is 0 Å². The minimum Gasteiger partial charge on any atom is -0.389 e. The lowest BCUT2D eigenvalue weighted by atomic mass is 9.87. The average Bonchev–Trinajstić information content (AvgIpc) is 2.62. The predicted octanol–water partition coefficient (Wildman–Crippen LogP) is 1.51. The standard InChI is InChI=1S/C11H18N2O/c1-9-4-3-5-11(9,14)6-10-7-12-13(2)8-10/h7-9,14H,3-6H2,1-2H3. The highest BCUT2D eigenvalue weighted by atomic mass is 16.3. The molecule has 1 aromatic rings. The molecule has 2 unspecified atom stereocenters. The van der Waals surface area contributed by atoms with Crippen molar-refractivity contribution in [3.63, 3.8) is 0 Å². The average molecular weight is 194 g/mol. The van der Waals surface area contributed by atoms with Gasteiger partial charge in [-0.1, -0.05) is 13.3 Å². The SMILES string of the molecule is CC1CCCC1(O)Cc1cnn(C)c1. The van der Waals surface area contributed by atoms with Crippen LogP contribution in [0.3, 0.4) is 0 Å². The molecular weight excluding hydrogens is 176 g/mol. The first-order valence-electron chi connectivity index (χ1n) is 5.30. The van der Waals surface area contributed by atoms with Crippen LogP contribution >= 0.6 is 0 Å². The van der Waals surface area contributed by atoms with Crippen molar-refractivity contribution < 1.29 is 5.11 Å². The maximum absolute atomic E-state index is 10.4. The molecular formula is C11H18N2O. The Balaban J connectivity index is 2.10. The van der Waals surface area contributed by atoms with Gasteiger partial charge in [-0.2, -0.15) is 5.10 Å². The van der Waals surface area contributed by atoms with Gasteiger partial charge < -0.3 is 5.11 Å². The molecule has 1 aliphatic rings. The Labute approximate surface area is 84.7 Å². The molecule has 0 amide bonds. The normalized spacial score (nSPS) is 32.4. The maximum Gasteiger partial charge on any atom is 0.0714 e. The summed E-state index contributed by atoms with van der Waals surface area (Å²) >= 11 is 0. The van der Waals surface area contributed by atoms with Crippen molar-refractivity contribution in [2.24, 2.45) is 13.0 Å². The summed E-state index contributed by atoms with van der Waals surface area (Å²) < 4.78 is 1.79. The second-order valence-corrected chi connectivity index (χ2v) is 4.60. The third kappa shape index (κ3) is 1.69. The van der Waals surface area contributed by atoms with E-state index in [1.807, 2.05) is 19.4 Å². The molecule has 1 aromatic heterocycles. The Kier molecular flexibility index (Phi) is 2.35. The lowest BCUT2D eigenvalue weighted by Gasteiger charge is -2.27. The third-order valence-corrected chi connectivity index (χ3v) is 3.43. The topological polar surface area (TPSA) is 38.1 Å². The molecule has 2 rings (SSSR count). The van der Waals surface area contributed by atoms with Crippen LogP contribution < -0.4 is 0 Å². The second kappa shape index (κ2) is 3.39. The van der Waals surface area contributed by atoms with Gasteiger partial charge in [0.2, 0.25) is 0 Å². The zero-order valence-electron chi connectivity index (χ0n) is 8.90. The molecule has 0 aliphatic heterocycles. The van der Waals surface area contributed by atoms with Crippen molar-refractivity contribution in [1.29, 1.82) is 0 Å². The summed E-state index contributed by atoms with van der Waals surface area (Å²) in [5.41, 5.74) is 0.659. The van der Waals surface area contributed by atoms with E-state index in [-0.39, 0.29) is 0 Å². The minimum absolute atomic E-state index is 0.419. The van der Waals surface area contributed by atoms with E-state index in [4.69, 9.17) is 0 Å². The molecule has 0 saturated heterocycles. The number of aryl methyl sites for hydroxylation is 1. The van der Waals surface area contributed by atoms with E-state index in [1.54, 1.807) is 4.68 Å². The summed E-state index contributed by atoms with van der Waals surface area (Å²) in [6.07, 6.45) is 7.83. The Morgan fingerprint density at radius 3 is 3.00 bits per heavy atom. The highest BCUT2D eigenvalue weighted by Crippen LogP contribution is 2.37. The first-order valence-corrected chi connectivity index (χ1v) is 5.30. The smallest absolute Gasteiger partial charge is 0.0714 e. The van der Waals surface area contributed by atoms with Crippen molar-refractivity contribution >= 4 is 0 Å². The van der Waals surface area contributed by atoms with Gasteiger partial charge in [-0.25, -0.2) is 0 Å². The summed E-state index contributed by atoms with van der Waals surface area (Å²) in [5, 5.41) is 14.5. The molecule has 2 atom stereocenters. The monoisotopic (exact) mass is 194 g/mol. The fraction of sp³-hybridized carbons (Fsp3) is 0.727. The molecule has 14 heavy (non-hydrogen) atoms. The molecule has 1 fully saturated rings. The first-order chi connectivity index (χ1) is 6.60. The Morgan fingerprint density at radius 1 is 1.71 bits per heavy atom. The fourth-order valence-electron chi connectivity index (χ4n) is 2.41. The summed E-state index contributed by atoms with van der Waals surface area (Å²) in [4.78, 5) is 0. The molecule has 1 saturated carbocycles. The molecule has 1 aliphatic carbocycles. The highest BCUT2D eigenvalue weighted by molar-refractivity contribution is 5.10. The number of hydrogen-bond acceptors (Lipinski definition) is 2. The van der Waals surface area contributed by atoms with Crippen molar-refractivity contribution in [3.05, 3.63) is 18.0 Å². The van der Waals surface area contributed by atoms with Crippen LogP contribution in [0, 0.1) is 5.92 Å². The Morgan fingerprint density at radius 2 is 2.50 bits per heavy atom. The number of hydrogen-bond donors (Lipinski definition) is 1. The molecule has 1 N–H and O–H groups in total. The largest absolute Gasteiger partial charge is 0.389 e. The van der Waals surface area contributed by atoms with Crippen molar-refractivity contribution in [3.8, 4) is 0 Å². The van der Waals surface area contributed by atoms with Crippen molar-refractivity contribution in [1.82, 2.24) is 9.78 Å². The van der Waals surface area contributed by atoms with Crippen molar-refractivity contribution in [2.45, 2.75) is 38.2 Å². The first kappa shape index (κ1) is 9.71. The van der Waals surface area contributed by atoms with Crippen LogP contribution in [0.2, 0.25) is 0 Å². The van der Waals surface area contributed by atoms with Crippen LogP contribution in [0.4, 0.5) is 0 Å². The van der Waals surface area contributed by atoms with Crippen LogP contribution in [0.5, 0.6) is 0 Å². The number of aromatic nitrogens is 2. The summed E-state index contributed by atoms with van der Waals surface area (Å²) in [7, 11) is 1.91. The minimum atomic E-state index is -0.483. The zero-order chi connectivity index (χ0) is 10.2. The molecule has 0 radical (unpaired) electrons. The predicted molar refractivity (Wildman–Crippen MR) is 54.9 cm³/mol. The lowest BCUT2D eigenvalue weighted by Crippen LogP contribution is -2.33. The van der Waals surface area contributed by atoms with Crippen LogP contribution in [0.1, 0.15) is 31.7 Å². The molecule has 78 valence electrons. The molecule has 3 nitrogen and oxygen atoms in total. The number of rotatable bonds is 2. The van der Waals surface area contributed by atoms with E-state index >= 15 is 0 Å². The summed E-state index contributed by atoms with van der Waals surface area (Å²) in [6, 6.07) is 0. The highest BCUT2D eigenvalue weighted by Gasteiger charge is 2.38. The van der Waals surface area contributed by atoms with Gasteiger partial charge in [-0.05, 0) is 24.3 Å². The van der Waals surface area contributed by atoms with E-state index < -0.39 is 5.60 Å². The van der Waals surface area contributed by atoms with Gasteiger partial charge in [0.1, 0.15) is 0 Å². The van der Waals surface area contributed by atoms with Gasteiger partial charge in [0.05, 0.1) is 11.8 Å². The number of nitrogens with zero attached hydrogens (tertiary/aromatic N) is 2. The summed E-state index contributed by atoms with van der Waals surface area (Å²) in [5.74, 6) is 0.419. The van der Waals surface area contributed by atoms with E-state index in [9.17, 15) is 5.11 Å². The molecule has 3 heteroatoms. The second-order valence-electron chi connectivity index (χ2n) is 4.60. The molecule has 1 heterocycles. The van der Waals surface area contributed by atoms with Gasteiger partial charge in [0, 0.05) is 19.7 Å². The Bertz CT molecular complexity index is 321. The fourth-order valence-corrected chi connectivity index (χ4v) is 2.41. The lowest BCUT2D eigenvalue weighted by molar-refractivity contribution is 0.00958. The molecule has 0 aromatic carbocycles.